The summed E-state index contributed by atoms with van der Waals surface area (Å²) in [6.07, 6.45) is 0.521. The summed E-state index contributed by atoms with van der Waals surface area (Å²) in [7, 11) is 1.63. The molecule has 0 unspecified atom stereocenters. The molecule has 2 saturated heterocycles. The van der Waals surface area contributed by atoms with Crippen LogP contribution in [0.15, 0.2) is 34.9 Å². The molecule has 2 aromatic rings. The summed E-state index contributed by atoms with van der Waals surface area (Å²) < 4.78 is 22.0. The summed E-state index contributed by atoms with van der Waals surface area (Å²) in [5, 5.41) is 7.36. The molecule has 1 aromatic heterocycles. The molecule has 8 heteroatoms. The molecule has 8 nitrogen and oxygen atoms in total. The molecule has 150 valence electrons. The van der Waals surface area contributed by atoms with Crippen molar-refractivity contribution in [1.29, 1.82) is 0 Å². The molecule has 2 aliphatic heterocycles. The highest BCUT2D eigenvalue weighted by molar-refractivity contribution is 6.04. The molecule has 0 aliphatic carbocycles. The molecule has 0 saturated carbocycles. The highest BCUT2D eigenvalue weighted by Gasteiger charge is 2.33. The van der Waals surface area contributed by atoms with E-state index in [2.05, 4.69) is 10.5 Å². The Bertz CT molecular complexity index is 788. The second kappa shape index (κ2) is 8.72. The fourth-order valence-corrected chi connectivity index (χ4v) is 3.61. The molecular weight excluding hydrogens is 362 g/mol. The Morgan fingerprint density at radius 1 is 1.18 bits per heavy atom. The Balaban J connectivity index is 1.66. The molecule has 2 atom stereocenters. The summed E-state index contributed by atoms with van der Waals surface area (Å²) in [5.74, 6) is 0.817. The number of amides is 1. The van der Waals surface area contributed by atoms with Crippen LogP contribution in [0.5, 0.6) is 0 Å². The van der Waals surface area contributed by atoms with Gasteiger partial charge in [0.2, 0.25) is 0 Å². The molecule has 0 spiro atoms. The highest BCUT2D eigenvalue weighted by atomic mass is 16.5. The number of nitrogens with one attached hydrogen (secondary N) is 1. The molecule has 0 bridgehead atoms. The van der Waals surface area contributed by atoms with Crippen molar-refractivity contribution in [2.24, 2.45) is 0 Å². The van der Waals surface area contributed by atoms with Crippen molar-refractivity contribution in [2.45, 2.75) is 18.6 Å². The van der Waals surface area contributed by atoms with E-state index >= 15 is 0 Å². The van der Waals surface area contributed by atoms with E-state index in [0.29, 0.717) is 63.1 Å². The van der Waals surface area contributed by atoms with Gasteiger partial charge in [-0.3, -0.25) is 4.79 Å². The van der Waals surface area contributed by atoms with Crippen LogP contribution < -0.4 is 10.2 Å². The van der Waals surface area contributed by atoms with Crippen LogP contribution in [0.4, 0.5) is 5.82 Å². The van der Waals surface area contributed by atoms with E-state index in [0.717, 1.165) is 5.56 Å². The number of aromatic nitrogens is 1. The van der Waals surface area contributed by atoms with E-state index in [9.17, 15) is 4.79 Å². The smallest absolute Gasteiger partial charge is 0.259 e. The van der Waals surface area contributed by atoms with Gasteiger partial charge in [0.25, 0.3) is 5.91 Å². The first-order valence-corrected chi connectivity index (χ1v) is 9.57. The van der Waals surface area contributed by atoms with E-state index in [1.807, 2.05) is 35.2 Å². The molecule has 28 heavy (non-hydrogen) atoms. The minimum atomic E-state index is -0.212. The zero-order valence-corrected chi connectivity index (χ0v) is 15.9. The Morgan fingerprint density at radius 2 is 1.96 bits per heavy atom. The third-order valence-electron chi connectivity index (χ3n) is 5.17. The number of methoxy groups -OCH3 is 1. The van der Waals surface area contributed by atoms with Gasteiger partial charge in [-0.25, -0.2) is 0 Å². The fourth-order valence-electron chi connectivity index (χ4n) is 3.61. The van der Waals surface area contributed by atoms with Crippen molar-refractivity contribution in [2.75, 3.05) is 51.5 Å². The van der Waals surface area contributed by atoms with Crippen LogP contribution >= 0.6 is 0 Å². The molecule has 4 rings (SSSR count). The van der Waals surface area contributed by atoms with E-state index in [1.165, 1.54) is 0 Å². The van der Waals surface area contributed by atoms with Gasteiger partial charge in [0.1, 0.15) is 11.7 Å². The average molecular weight is 387 g/mol. The molecule has 1 amide bonds. The predicted molar refractivity (Wildman–Crippen MR) is 102 cm³/mol. The molecule has 1 aromatic carbocycles. The SMILES string of the molecule is CO[C@H]1COCC[C@@H]1NC(=O)c1c(N2CCOCC2)noc1-c1ccccc1. The third kappa shape index (κ3) is 3.89. The zero-order chi connectivity index (χ0) is 19.3. The lowest BCUT2D eigenvalue weighted by molar-refractivity contribution is -0.0479. The van der Waals surface area contributed by atoms with Gasteiger partial charge in [0, 0.05) is 32.4 Å². The van der Waals surface area contributed by atoms with Gasteiger partial charge in [-0.15, -0.1) is 0 Å². The van der Waals surface area contributed by atoms with E-state index in [1.54, 1.807) is 7.11 Å². The van der Waals surface area contributed by atoms with Gasteiger partial charge in [0.05, 0.1) is 25.9 Å². The van der Waals surface area contributed by atoms with Gasteiger partial charge in [0.15, 0.2) is 11.6 Å². The quantitative estimate of drug-likeness (QED) is 0.836. The lowest BCUT2D eigenvalue weighted by Gasteiger charge is -2.31. The Kier molecular flexibility index (Phi) is 5.90. The predicted octanol–water partition coefficient (Wildman–Crippen LogP) is 1.71. The minimum absolute atomic E-state index is 0.123. The highest BCUT2D eigenvalue weighted by Crippen LogP contribution is 2.32. The van der Waals surface area contributed by atoms with Crippen molar-refractivity contribution in [3.05, 3.63) is 35.9 Å². The minimum Gasteiger partial charge on any atom is -0.379 e. The second-order valence-electron chi connectivity index (χ2n) is 6.89. The maximum Gasteiger partial charge on any atom is 0.259 e. The number of nitrogens with zero attached hydrogens (tertiary/aromatic N) is 2. The van der Waals surface area contributed by atoms with Gasteiger partial charge in [-0.2, -0.15) is 0 Å². The van der Waals surface area contributed by atoms with Crippen LogP contribution in [0.3, 0.4) is 0 Å². The Hall–Kier alpha value is -2.42. The number of rotatable bonds is 5. The van der Waals surface area contributed by atoms with Crippen LogP contribution in [0.2, 0.25) is 0 Å². The molecule has 2 fully saturated rings. The van der Waals surface area contributed by atoms with Crippen molar-refractivity contribution >= 4 is 11.7 Å². The van der Waals surface area contributed by atoms with E-state index < -0.39 is 0 Å². The first-order valence-electron chi connectivity index (χ1n) is 9.57. The van der Waals surface area contributed by atoms with Crippen molar-refractivity contribution < 1.29 is 23.5 Å². The van der Waals surface area contributed by atoms with E-state index in [-0.39, 0.29) is 18.1 Å². The number of carbonyl (C=O) groups excluding carboxylic acids is 1. The first kappa shape index (κ1) is 18.9. The Labute approximate surface area is 163 Å². The number of carbonyl (C=O) groups is 1. The van der Waals surface area contributed by atoms with Crippen LogP contribution in [0.25, 0.3) is 11.3 Å². The second-order valence-corrected chi connectivity index (χ2v) is 6.89. The van der Waals surface area contributed by atoms with Gasteiger partial charge in [-0.05, 0) is 6.42 Å². The average Bonchev–Trinajstić information content (AvgIpc) is 3.21. The van der Waals surface area contributed by atoms with Gasteiger partial charge >= 0.3 is 0 Å². The van der Waals surface area contributed by atoms with Crippen LogP contribution in [0, 0.1) is 0 Å². The Morgan fingerprint density at radius 3 is 2.71 bits per heavy atom. The monoisotopic (exact) mass is 387 g/mol. The molecule has 0 radical (unpaired) electrons. The van der Waals surface area contributed by atoms with Crippen LogP contribution in [0.1, 0.15) is 16.8 Å². The summed E-state index contributed by atoms with van der Waals surface area (Å²) >= 11 is 0. The number of benzene rings is 1. The number of hydrogen-bond acceptors (Lipinski definition) is 7. The lowest BCUT2D eigenvalue weighted by Crippen LogP contribution is -2.50. The van der Waals surface area contributed by atoms with Crippen molar-refractivity contribution in [1.82, 2.24) is 10.5 Å². The zero-order valence-electron chi connectivity index (χ0n) is 15.9. The summed E-state index contributed by atoms with van der Waals surface area (Å²) in [4.78, 5) is 15.4. The van der Waals surface area contributed by atoms with Crippen LogP contribution in [-0.4, -0.2) is 69.8 Å². The van der Waals surface area contributed by atoms with Crippen molar-refractivity contribution in [3.8, 4) is 11.3 Å². The maximum atomic E-state index is 13.3. The number of hydrogen-bond donors (Lipinski definition) is 1. The first-order chi connectivity index (χ1) is 13.8. The largest absolute Gasteiger partial charge is 0.379 e. The normalized spacial score (nSPS) is 22.8. The summed E-state index contributed by atoms with van der Waals surface area (Å²) in [5.41, 5.74) is 1.27. The van der Waals surface area contributed by atoms with Crippen LogP contribution in [-0.2, 0) is 14.2 Å². The number of ether oxygens (including phenoxy) is 3. The van der Waals surface area contributed by atoms with E-state index in [4.69, 9.17) is 18.7 Å². The number of morpholine rings is 1. The standard InChI is InChI=1S/C20H25N3O5/c1-25-16-13-27-10-7-15(16)21-20(24)17-18(14-5-3-2-4-6-14)28-22-19(17)23-8-11-26-12-9-23/h2-6,15-16H,7-13H2,1H3,(H,21,24)/t15-,16-/m0/s1. The fraction of sp³-hybridized carbons (Fsp3) is 0.500. The number of anilines is 1. The maximum absolute atomic E-state index is 13.3. The van der Waals surface area contributed by atoms with Gasteiger partial charge in [-0.1, -0.05) is 35.5 Å². The summed E-state index contributed by atoms with van der Waals surface area (Å²) in [6.45, 7) is 3.59. The molecule has 2 aliphatic rings. The van der Waals surface area contributed by atoms with Crippen molar-refractivity contribution in [3.63, 3.8) is 0 Å². The molecule has 3 heterocycles. The summed E-state index contributed by atoms with van der Waals surface area (Å²) in [6, 6.07) is 9.44. The molecule has 1 N–H and O–H groups in total. The molecular formula is C20H25N3O5. The van der Waals surface area contributed by atoms with Gasteiger partial charge < -0.3 is 29.0 Å². The third-order valence-corrected chi connectivity index (χ3v) is 5.17. The lowest BCUT2D eigenvalue weighted by atomic mass is 10.0. The topological polar surface area (TPSA) is 86.1 Å².